The fraction of sp³-hybridized carbons (Fsp3) is 0.211. The van der Waals surface area contributed by atoms with Crippen molar-refractivity contribution < 1.29 is 9.84 Å². The van der Waals surface area contributed by atoms with Gasteiger partial charge in [0.15, 0.2) is 11.5 Å². The van der Waals surface area contributed by atoms with Gasteiger partial charge < -0.3 is 19.7 Å². The summed E-state index contributed by atoms with van der Waals surface area (Å²) in [5.74, 6) is 1.38. The zero-order chi connectivity index (χ0) is 17.8. The molecular weight excluding hydrogens is 338 g/mol. The number of imidazole rings is 1. The first-order valence-electron chi connectivity index (χ1n) is 8.04. The second-order valence-corrected chi connectivity index (χ2v) is 6.06. The molecule has 0 unspecified atom stereocenters. The average molecular weight is 358 g/mol. The summed E-state index contributed by atoms with van der Waals surface area (Å²) in [6, 6.07) is 13.0. The van der Waals surface area contributed by atoms with Crippen molar-refractivity contribution in [3.8, 4) is 22.8 Å². The number of aromatic nitrogens is 2. The third-order valence-corrected chi connectivity index (χ3v) is 4.12. The highest BCUT2D eigenvalue weighted by Gasteiger charge is 2.09. The molecule has 1 heterocycles. The van der Waals surface area contributed by atoms with Gasteiger partial charge in [-0.1, -0.05) is 29.8 Å². The molecule has 0 fully saturated rings. The van der Waals surface area contributed by atoms with E-state index in [1.54, 1.807) is 6.07 Å². The first-order valence-corrected chi connectivity index (χ1v) is 8.42. The van der Waals surface area contributed by atoms with Crippen molar-refractivity contribution in [1.82, 2.24) is 9.55 Å². The van der Waals surface area contributed by atoms with Crippen LogP contribution in [0.3, 0.4) is 0 Å². The third-order valence-electron chi connectivity index (χ3n) is 3.88. The Labute approximate surface area is 151 Å². The maximum atomic E-state index is 9.77. The van der Waals surface area contributed by atoms with E-state index in [4.69, 9.17) is 16.3 Å². The number of nitrogens with one attached hydrogen (secondary N) is 1. The minimum absolute atomic E-state index is 0.144. The fourth-order valence-corrected chi connectivity index (χ4v) is 2.80. The molecule has 2 aromatic carbocycles. The van der Waals surface area contributed by atoms with E-state index in [-0.39, 0.29) is 5.75 Å². The number of aromatic hydroxyl groups is 1. The van der Waals surface area contributed by atoms with Crippen molar-refractivity contribution in [2.45, 2.75) is 13.5 Å². The summed E-state index contributed by atoms with van der Waals surface area (Å²) in [4.78, 5) is 4.44. The maximum Gasteiger partial charge on any atom is 0.203 e. The molecule has 0 aliphatic carbocycles. The molecule has 0 saturated carbocycles. The van der Waals surface area contributed by atoms with Gasteiger partial charge in [-0.3, -0.25) is 0 Å². The minimum Gasteiger partial charge on any atom is -0.504 e. The fourth-order valence-electron chi connectivity index (χ4n) is 2.61. The number of benzene rings is 2. The van der Waals surface area contributed by atoms with Crippen LogP contribution in [0.25, 0.3) is 11.3 Å². The molecule has 0 aliphatic rings. The van der Waals surface area contributed by atoms with Crippen molar-refractivity contribution in [2.75, 3.05) is 11.9 Å². The minimum atomic E-state index is 0.144. The van der Waals surface area contributed by atoms with Crippen LogP contribution in [0.5, 0.6) is 11.5 Å². The van der Waals surface area contributed by atoms with E-state index in [0.29, 0.717) is 23.9 Å². The summed E-state index contributed by atoms with van der Waals surface area (Å²) in [7, 11) is 1.95. The molecule has 25 heavy (non-hydrogen) atoms. The van der Waals surface area contributed by atoms with Gasteiger partial charge in [0, 0.05) is 24.2 Å². The number of phenolic OH excluding ortho intramolecular Hbond substituents is 1. The summed E-state index contributed by atoms with van der Waals surface area (Å²) in [6.45, 7) is 2.96. The van der Waals surface area contributed by atoms with E-state index in [1.807, 2.05) is 61.1 Å². The Morgan fingerprint density at radius 3 is 2.84 bits per heavy atom. The number of nitrogens with zero attached hydrogens (tertiary/aromatic N) is 2. The van der Waals surface area contributed by atoms with Gasteiger partial charge in [0.1, 0.15) is 0 Å². The molecule has 130 valence electrons. The quantitative estimate of drug-likeness (QED) is 0.684. The van der Waals surface area contributed by atoms with Crippen LogP contribution < -0.4 is 10.1 Å². The Kier molecular flexibility index (Phi) is 5.14. The van der Waals surface area contributed by atoms with Gasteiger partial charge >= 0.3 is 0 Å². The van der Waals surface area contributed by atoms with Gasteiger partial charge in [0.05, 0.1) is 18.5 Å². The molecule has 6 heteroatoms. The Morgan fingerprint density at radius 1 is 1.24 bits per heavy atom. The third kappa shape index (κ3) is 3.88. The summed E-state index contributed by atoms with van der Waals surface area (Å²) in [5.41, 5.74) is 2.98. The SMILES string of the molecule is CCOc1cc(CNc2ncc(-c3cccc(Cl)c3)n2C)ccc1O. The number of hydrogen-bond acceptors (Lipinski definition) is 4. The van der Waals surface area contributed by atoms with Crippen molar-refractivity contribution in [3.05, 3.63) is 59.2 Å². The predicted octanol–water partition coefficient (Wildman–Crippen LogP) is 4.46. The lowest BCUT2D eigenvalue weighted by Gasteiger charge is -2.11. The van der Waals surface area contributed by atoms with E-state index in [1.165, 1.54) is 0 Å². The zero-order valence-corrected chi connectivity index (χ0v) is 14.9. The number of hydrogen-bond donors (Lipinski definition) is 2. The molecule has 1 aromatic heterocycles. The highest BCUT2D eigenvalue weighted by molar-refractivity contribution is 6.30. The van der Waals surface area contributed by atoms with E-state index in [0.717, 1.165) is 22.8 Å². The Balaban J connectivity index is 1.75. The molecule has 0 bridgehead atoms. The van der Waals surface area contributed by atoms with Gasteiger partial charge in [-0.2, -0.15) is 0 Å². The smallest absolute Gasteiger partial charge is 0.203 e. The van der Waals surface area contributed by atoms with Crippen LogP contribution >= 0.6 is 11.6 Å². The topological polar surface area (TPSA) is 59.3 Å². The van der Waals surface area contributed by atoms with Crippen LogP contribution in [-0.4, -0.2) is 21.3 Å². The number of rotatable bonds is 6. The van der Waals surface area contributed by atoms with E-state index in [2.05, 4.69) is 10.3 Å². The van der Waals surface area contributed by atoms with Gasteiger partial charge in [0.25, 0.3) is 0 Å². The highest BCUT2D eigenvalue weighted by Crippen LogP contribution is 2.28. The number of ether oxygens (including phenoxy) is 1. The van der Waals surface area contributed by atoms with Gasteiger partial charge in [-0.05, 0) is 36.8 Å². The summed E-state index contributed by atoms with van der Waals surface area (Å²) < 4.78 is 7.40. The Morgan fingerprint density at radius 2 is 2.08 bits per heavy atom. The summed E-state index contributed by atoms with van der Waals surface area (Å²) in [5, 5.41) is 13.8. The molecule has 3 aromatic rings. The molecule has 5 nitrogen and oxygen atoms in total. The Hall–Kier alpha value is -2.66. The Bertz CT molecular complexity index is 877. The molecule has 0 aliphatic heterocycles. The van der Waals surface area contributed by atoms with Crippen molar-refractivity contribution in [1.29, 1.82) is 0 Å². The van der Waals surface area contributed by atoms with E-state index >= 15 is 0 Å². The molecule has 2 N–H and O–H groups in total. The number of halogens is 1. The first kappa shape index (κ1) is 17.2. The molecule has 0 spiro atoms. The lowest BCUT2D eigenvalue weighted by Crippen LogP contribution is -2.06. The largest absolute Gasteiger partial charge is 0.504 e. The van der Waals surface area contributed by atoms with Crippen LogP contribution in [0.2, 0.25) is 5.02 Å². The molecule has 0 amide bonds. The molecular formula is C19H20ClN3O2. The normalized spacial score (nSPS) is 10.7. The first-order chi connectivity index (χ1) is 12.1. The lowest BCUT2D eigenvalue weighted by molar-refractivity contribution is 0.318. The number of anilines is 1. The summed E-state index contributed by atoms with van der Waals surface area (Å²) in [6.07, 6.45) is 1.82. The second-order valence-electron chi connectivity index (χ2n) is 5.63. The molecule has 0 atom stereocenters. The zero-order valence-electron chi connectivity index (χ0n) is 14.2. The maximum absolute atomic E-state index is 9.77. The van der Waals surface area contributed by atoms with Crippen LogP contribution in [0.15, 0.2) is 48.7 Å². The molecule has 3 rings (SSSR count). The van der Waals surface area contributed by atoms with Crippen molar-refractivity contribution in [3.63, 3.8) is 0 Å². The van der Waals surface area contributed by atoms with Crippen LogP contribution in [0, 0.1) is 0 Å². The van der Waals surface area contributed by atoms with Gasteiger partial charge in [0.2, 0.25) is 5.95 Å². The van der Waals surface area contributed by atoms with Gasteiger partial charge in [-0.25, -0.2) is 4.98 Å². The molecule has 0 saturated heterocycles. The molecule has 0 radical (unpaired) electrons. The van der Waals surface area contributed by atoms with E-state index in [9.17, 15) is 5.11 Å². The van der Waals surface area contributed by atoms with E-state index < -0.39 is 0 Å². The summed E-state index contributed by atoms with van der Waals surface area (Å²) >= 11 is 6.07. The second kappa shape index (κ2) is 7.49. The number of phenols is 1. The van der Waals surface area contributed by atoms with Gasteiger partial charge in [-0.15, -0.1) is 0 Å². The lowest BCUT2D eigenvalue weighted by atomic mass is 10.2. The predicted molar refractivity (Wildman–Crippen MR) is 100 cm³/mol. The average Bonchev–Trinajstić information content (AvgIpc) is 2.96. The van der Waals surface area contributed by atoms with Crippen LogP contribution in [0.1, 0.15) is 12.5 Å². The highest BCUT2D eigenvalue weighted by atomic mass is 35.5. The monoisotopic (exact) mass is 357 g/mol. The van der Waals surface area contributed by atoms with Crippen molar-refractivity contribution in [2.24, 2.45) is 7.05 Å². The standard InChI is InChI=1S/C19H20ClN3O2/c1-3-25-18-9-13(7-8-17(18)24)11-21-19-22-12-16(23(19)2)14-5-4-6-15(20)10-14/h4-10,12,24H,3,11H2,1-2H3,(H,21,22). The van der Waals surface area contributed by atoms with Crippen molar-refractivity contribution >= 4 is 17.5 Å². The van der Waals surface area contributed by atoms with Crippen LogP contribution in [0.4, 0.5) is 5.95 Å². The van der Waals surface area contributed by atoms with Crippen LogP contribution in [-0.2, 0) is 13.6 Å².